The standard InChI is InChI=1S/C26H31N3O4/c1-18-24(19(2)33-27-18)17-32-25-15-21-7-4-3-6-20(21)14-23(25)26(30)29-11-9-28(10-12-29)16-22-8-5-13-31-22/h3-4,6-7,14-15,22H,5,8-13,16-17H2,1-2H3. The van der Waals surface area contributed by atoms with Crippen LogP contribution < -0.4 is 4.74 Å². The van der Waals surface area contributed by atoms with Gasteiger partial charge in [0.25, 0.3) is 5.91 Å². The predicted octanol–water partition coefficient (Wildman–Crippen LogP) is 3.96. The Bertz CT molecular complexity index is 1110. The van der Waals surface area contributed by atoms with Gasteiger partial charge in [0, 0.05) is 39.3 Å². The molecular formula is C26H31N3O4. The van der Waals surface area contributed by atoms with Crippen LogP contribution in [-0.2, 0) is 11.3 Å². The largest absolute Gasteiger partial charge is 0.488 e. The lowest BCUT2D eigenvalue weighted by atomic mass is 10.0. The maximum Gasteiger partial charge on any atom is 0.257 e. The van der Waals surface area contributed by atoms with Gasteiger partial charge in [0.15, 0.2) is 0 Å². The Morgan fingerprint density at radius 2 is 1.88 bits per heavy atom. The summed E-state index contributed by atoms with van der Waals surface area (Å²) in [4.78, 5) is 17.9. The Hall–Kier alpha value is -2.90. The van der Waals surface area contributed by atoms with Gasteiger partial charge in [-0.3, -0.25) is 9.69 Å². The van der Waals surface area contributed by atoms with E-state index in [1.165, 1.54) is 0 Å². The van der Waals surface area contributed by atoms with E-state index >= 15 is 0 Å². The molecule has 5 rings (SSSR count). The summed E-state index contributed by atoms with van der Waals surface area (Å²) in [5.74, 6) is 1.36. The van der Waals surface area contributed by atoms with E-state index in [2.05, 4.69) is 10.1 Å². The van der Waals surface area contributed by atoms with Crippen molar-refractivity contribution in [1.82, 2.24) is 15.0 Å². The lowest BCUT2D eigenvalue weighted by Gasteiger charge is -2.36. The zero-order chi connectivity index (χ0) is 22.8. The predicted molar refractivity (Wildman–Crippen MR) is 126 cm³/mol. The Labute approximate surface area is 194 Å². The van der Waals surface area contributed by atoms with Crippen LogP contribution in [-0.4, -0.2) is 66.3 Å². The van der Waals surface area contributed by atoms with E-state index in [9.17, 15) is 4.79 Å². The molecule has 1 amide bonds. The van der Waals surface area contributed by atoms with Crippen molar-refractivity contribution >= 4 is 16.7 Å². The number of amides is 1. The third-order valence-corrected chi connectivity index (χ3v) is 6.78. The number of benzene rings is 2. The van der Waals surface area contributed by atoms with Crippen LogP contribution in [0.3, 0.4) is 0 Å². The van der Waals surface area contributed by atoms with Gasteiger partial charge >= 0.3 is 0 Å². The fraction of sp³-hybridized carbons (Fsp3) is 0.462. The van der Waals surface area contributed by atoms with Gasteiger partial charge in [0.2, 0.25) is 0 Å². The van der Waals surface area contributed by atoms with Crippen molar-refractivity contribution in [2.24, 2.45) is 0 Å². The second-order valence-electron chi connectivity index (χ2n) is 9.01. The van der Waals surface area contributed by atoms with Gasteiger partial charge < -0.3 is 18.9 Å². The average Bonchev–Trinajstić information content (AvgIpc) is 3.46. The molecule has 0 radical (unpaired) electrons. The number of aromatic nitrogens is 1. The number of nitrogens with zero attached hydrogens (tertiary/aromatic N) is 3. The van der Waals surface area contributed by atoms with Gasteiger partial charge in [-0.2, -0.15) is 0 Å². The van der Waals surface area contributed by atoms with Gasteiger partial charge in [-0.05, 0) is 49.6 Å². The molecule has 33 heavy (non-hydrogen) atoms. The van der Waals surface area contributed by atoms with Crippen molar-refractivity contribution in [3.63, 3.8) is 0 Å². The summed E-state index contributed by atoms with van der Waals surface area (Å²) in [7, 11) is 0. The van der Waals surface area contributed by atoms with E-state index in [-0.39, 0.29) is 5.91 Å². The first kappa shape index (κ1) is 21.9. The van der Waals surface area contributed by atoms with E-state index < -0.39 is 0 Å². The van der Waals surface area contributed by atoms with Crippen LogP contribution in [0.1, 0.15) is 40.2 Å². The lowest BCUT2D eigenvalue weighted by molar-refractivity contribution is 0.0431. The van der Waals surface area contributed by atoms with Crippen molar-refractivity contribution < 1.29 is 18.8 Å². The number of aryl methyl sites for hydroxylation is 2. The molecule has 0 saturated carbocycles. The normalized spacial score (nSPS) is 19.3. The second-order valence-corrected chi connectivity index (χ2v) is 9.01. The van der Waals surface area contributed by atoms with Crippen molar-refractivity contribution in [1.29, 1.82) is 0 Å². The van der Waals surface area contributed by atoms with Crippen LogP contribution in [0.4, 0.5) is 0 Å². The van der Waals surface area contributed by atoms with Crippen LogP contribution >= 0.6 is 0 Å². The monoisotopic (exact) mass is 449 g/mol. The molecule has 0 aliphatic carbocycles. The quantitative estimate of drug-likeness (QED) is 0.568. The molecule has 1 atom stereocenters. The van der Waals surface area contributed by atoms with Gasteiger partial charge in [-0.25, -0.2) is 0 Å². The highest BCUT2D eigenvalue weighted by Gasteiger charge is 2.27. The highest BCUT2D eigenvalue weighted by atomic mass is 16.5. The van der Waals surface area contributed by atoms with E-state index in [0.29, 0.717) is 37.1 Å². The van der Waals surface area contributed by atoms with Gasteiger partial charge in [0.05, 0.1) is 22.9 Å². The number of hydrogen-bond acceptors (Lipinski definition) is 6. The van der Waals surface area contributed by atoms with Crippen LogP contribution in [0.25, 0.3) is 10.8 Å². The van der Waals surface area contributed by atoms with E-state index in [0.717, 1.165) is 66.9 Å². The SMILES string of the molecule is Cc1noc(C)c1COc1cc2ccccc2cc1C(=O)N1CCN(CC2CCCO2)CC1. The molecule has 2 saturated heterocycles. The Kier molecular flexibility index (Phi) is 6.33. The Morgan fingerprint density at radius 3 is 2.55 bits per heavy atom. The highest BCUT2D eigenvalue weighted by molar-refractivity contribution is 6.01. The van der Waals surface area contributed by atoms with Crippen molar-refractivity contribution in [2.45, 2.75) is 39.4 Å². The van der Waals surface area contributed by atoms with Gasteiger partial charge in [-0.1, -0.05) is 29.4 Å². The van der Waals surface area contributed by atoms with Crippen molar-refractivity contribution in [2.75, 3.05) is 39.3 Å². The Morgan fingerprint density at radius 1 is 1.12 bits per heavy atom. The second kappa shape index (κ2) is 9.53. The lowest BCUT2D eigenvalue weighted by Crippen LogP contribution is -2.50. The number of carbonyl (C=O) groups is 1. The summed E-state index contributed by atoms with van der Waals surface area (Å²) < 4.78 is 17.2. The zero-order valence-corrected chi connectivity index (χ0v) is 19.4. The summed E-state index contributed by atoms with van der Waals surface area (Å²) in [6.07, 6.45) is 2.64. The molecule has 1 unspecified atom stereocenters. The first-order valence-corrected chi connectivity index (χ1v) is 11.8. The molecule has 3 heterocycles. The summed E-state index contributed by atoms with van der Waals surface area (Å²) in [5.41, 5.74) is 2.33. The fourth-order valence-corrected chi connectivity index (χ4v) is 4.74. The number of ether oxygens (including phenoxy) is 2. The molecule has 174 valence electrons. The minimum atomic E-state index is 0.0197. The average molecular weight is 450 g/mol. The molecule has 7 heteroatoms. The van der Waals surface area contributed by atoms with E-state index in [1.807, 2.05) is 55.1 Å². The minimum absolute atomic E-state index is 0.0197. The third-order valence-electron chi connectivity index (χ3n) is 6.78. The zero-order valence-electron chi connectivity index (χ0n) is 19.4. The molecule has 0 bridgehead atoms. The molecule has 3 aromatic rings. The summed E-state index contributed by atoms with van der Waals surface area (Å²) in [6, 6.07) is 12.0. The molecule has 1 aromatic heterocycles. The van der Waals surface area contributed by atoms with Crippen molar-refractivity contribution in [3.8, 4) is 5.75 Å². The van der Waals surface area contributed by atoms with Crippen molar-refractivity contribution in [3.05, 3.63) is 59.0 Å². The molecule has 2 aliphatic heterocycles. The number of rotatable bonds is 6. The molecule has 7 nitrogen and oxygen atoms in total. The first-order chi connectivity index (χ1) is 16.1. The van der Waals surface area contributed by atoms with Crippen LogP contribution in [0.5, 0.6) is 5.75 Å². The van der Waals surface area contributed by atoms with Crippen LogP contribution in [0.2, 0.25) is 0 Å². The number of fused-ring (bicyclic) bond motifs is 1. The fourth-order valence-electron chi connectivity index (χ4n) is 4.74. The van der Waals surface area contributed by atoms with Crippen LogP contribution in [0, 0.1) is 13.8 Å². The molecule has 2 aromatic carbocycles. The van der Waals surface area contributed by atoms with Crippen LogP contribution in [0.15, 0.2) is 40.9 Å². The summed E-state index contributed by atoms with van der Waals surface area (Å²) >= 11 is 0. The molecule has 0 N–H and O–H groups in total. The number of piperazine rings is 1. The highest BCUT2D eigenvalue weighted by Crippen LogP contribution is 2.29. The van der Waals surface area contributed by atoms with E-state index in [1.54, 1.807) is 0 Å². The third kappa shape index (κ3) is 4.75. The Balaban J connectivity index is 1.33. The smallest absolute Gasteiger partial charge is 0.257 e. The number of hydrogen-bond donors (Lipinski definition) is 0. The number of carbonyl (C=O) groups excluding carboxylic acids is 1. The molecule has 2 aliphatic rings. The summed E-state index contributed by atoms with van der Waals surface area (Å²) in [6.45, 7) is 9.09. The van der Waals surface area contributed by atoms with Gasteiger partial charge in [-0.15, -0.1) is 0 Å². The molecule has 2 fully saturated rings. The maximum atomic E-state index is 13.6. The minimum Gasteiger partial charge on any atom is -0.488 e. The van der Waals surface area contributed by atoms with Gasteiger partial charge in [0.1, 0.15) is 18.1 Å². The van der Waals surface area contributed by atoms with E-state index in [4.69, 9.17) is 14.0 Å². The first-order valence-electron chi connectivity index (χ1n) is 11.8. The molecule has 0 spiro atoms. The molecular weight excluding hydrogens is 418 g/mol. The topological polar surface area (TPSA) is 68.0 Å². The summed E-state index contributed by atoms with van der Waals surface area (Å²) in [5, 5.41) is 6.08. The maximum absolute atomic E-state index is 13.6.